The van der Waals surface area contributed by atoms with Crippen LogP contribution in [0, 0.1) is 5.82 Å². The molecular formula is C24H32FN3O4Si. The number of β-amino-alcohol motifs (C(OH)–C–C–N with tert-alkyl or cyclic N) is 1. The molecule has 0 radical (unpaired) electrons. The first kappa shape index (κ1) is 24.9. The minimum Gasteiger partial charge on any atom is -0.391 e. The average molecular weight is 474 g/mol. The number of aliphatic hydroxyl groups is 1. The quantitative estimate of drug-likeness (QED) is 0.539. The van der Waals surface area contributed by atoms with Crippen molar-refractivity contribution in [3.05, 3.63) is 59.4 Å². The Kier molecular flexibility index (Phi) is 7.88. The molecule has 178 valence electrons. The Labute approximate surface area is 194 Å². The molecule has 1 saturated heterocycles. The summed E-state index contributed by atoms with van der Waals surface area (Å²) in [6, 6.07) is 10.5. The molecule has 0 saturated carbocycles. The minimum absolute atomic E-state index is 0.219. The van der Waals surface area contributed by atoms with Crippen molar-refractivity contribution in [2.75, 3.05) is 25.5 Å². The van der Waals surface area contributed by atoms with Crippen LogP contribution in [-0.4, -0.2) is 56.3 Å². The van der Waals surface area contributed by atoms with Crippen LogP contribution in [0.15, 0.2) is 42.5 Å². The molecule has 7 nitrogen and oxygen atoms in total. The number of halogens is 1. The lowest BCUT2D eigenvalue weighted by Crippen LogP contribution is -2.44. The topological polar surface area (TPSA) is 90.9 Å². The van der Waals surface area contributed by atoms with Gasteiger partial charge in [0.2, 0.25) is 0 Å². The van der Waals surface area contributed by atoms with Crippen LogP contribution in [0.25, 0.3) is 0 Å². The summed E-state index contributed by atoms with van der Waals surface area (Å²) in [7, 11) is -0.252. The maximum absolute atomic E-state index is 14.7. The molecule has 3 N–H and O–H groups in total. The van der Waals surface area contributed by atoms with E-state index in [9.17, 15) is 19.1 Å². The summed E-state index contributed by atoms with van der Waals surface area (Å²) in [4.78, 5) is 27.4. The van der Waals surface area contributed by atoms with Gasteiger partial charge in [0.25, 0.3) is 5.91 Å². The van der Waals surface area contributed by atoms with Crippen molar-refractivity contribution in [2.45, 2.75) is 44.8 Å². The molecule has 3 rings (SSSR count). The number of rotatable bonds is 7. The number of carbonyl (C=O) groups is 2. The number of benzene rings is 2. The highest BCUT2D eigenvalue weighted by atomic mass is 28.3. The molecule has 9 heteroatoms. The van der Waals surface area contributed by atoms with Crippen LogP contribution in [0.3, 0.4) is 0 Å². The van der Waals surface area contributed by atoms with Gasteiger partial charge in [-0.1, -0.05) is 50.0 Å². The lowest BCUT2D eigenvalue weighted by Gasteiger charge is -2.24. The number of ether oxygens (including phenoxy) is 1. The van der Waals surface area contributed by atoms with E-state index in [2.05, 4.69) is 30.3 Å². The minimum atomic E-state index is -1.85. The van der Waals surface area contributed by atoms with Gasteiger partial charge in [-0.15, -0.1) is 0 Å². The van der Waals surface area contributed by atoms with Crippen molar-refractivity contribution in [2.24, 2.45) is 0 Å². The summed E-state index contributed by atoms with van der Waals surface area (Å²) in [5, 5.41) is 15.9. The summed E-state index contributed by atoms with van der Waals surface area (Å²) in [5.41, 5.74) is 1.84. The van der Waals surface area contributed by atoms with E-state index in [1.807, 2.05) is 12.1 Å². The van der Waals surface area contributed by atoms with Crippen LogP contribution in [0.5, 0.6) is 0 Å². The van der Waals surface area contributed by atoms with Gasteiger partial charge in [-0.3, -0.25) is 4.79 Å². The maximum Gasteiger partial charge on any atom is 0.318 e. The molecule has 1 unspecified atom stereocenters. The zero-order valence-electron chi connectivity index (χ0n) is 19.5. The van der Waals surface area contributed by atoms with E-state index in [1.54, 1.807) is 31.4 Å². The average Bonchev–Trinajstić information content (AvgIpc) is 3.18. The normalized spacial score (nSPS) is 17.0. The summed E-state index contributed by atoms with van der Waals surface area (Å²) in [6.45, 7) is 7.22. The molecule has 0 bridgehead atoms. The molecule has 2 aromatic rings. The van der Waals surface area contributed by atoms with E-state index in [1.165, 1.54) is 11.0 Å². The second kappa shape index (κ2) is 10.5. The fraction of sp³-hybridized carbons (Fsp3) is 0.417. The third-order valence-corrected chi connectivity index (χ3v) is 7.67. The van der Waals surface area contributed by atoms with Crippen LogP contribution in [0.1, 0.15) is 23.6 Å². The van der Waals surface area contributed by atoms with Gasteiger partial charge in [-0.25, -0.2) is 9.18 Å². The van der Waals surface area contributed by atoms with Gasteiger partial charge in [0.15, 0.2) is 0 Å². The van der Waals surface area contributed by atoms with Crippen molar-refractivity contribution >= 4 is 30.9 Å². The number of urea groups is 1. The second-order valence-corrected chi connectivity index (χ2v) is 14.4. The van der Waals surface area contributed by atoms with Crippen molar-refractivity contribution in [3.8, 4) is 0 Å². The molecule has 2 aromatic carbocycles. The van der Waals surface area contributed by atoms with Crippen LogP contribution in [0.2, 0.25) is 19.6 Å². The van der Waals surface area contributed by atoms with E-state index in [0.29, 0.717) is 36.0 Å². The highest BCUT2D eigenvalue weighted by molar-refractivity contribution is 6.88. The van der Waals surface area contributed by atoms with Gasteiger partial charge in [-0.05, 0) is 34.9 Å². The number of nitrogens with one attached hydrogen (secondary N) is 2. The maximum atomic E-state index is 14.7. The Bertz CT molecular complexity index is 994. The van der Waals surface area contributed by atoms with Crippen LogP contribution >= 0.6 is 0 Å². The molecule has 0 spiro atoms. The molecule has 1 aliphatic heterocycles. The van der Waals surface area contributed by atoms with Gasteiger partial charge in [0.1, 0.15) is 11.9 Å². The van der Waals surface area contributed by atoms with Crippen LogP contribution in [0.4, 0.5) is 14.9 Å². The lowest BCUT2D eigenvalue weighted by atomic mass is 10.0. The van der Waals surface area contributed by atoms with Gasteiger partial charge in [0, 0.05) is 25.9 Å². The zero-order chi connectivity index (χ0) is 24.2. The number of aliphatic hydroxyl groups excluding tert-OH is 1. The fourth-order valence-corrected chi connectivity index (χ4v) is 5.20. The first-order chi connectivity index (χ1) is 15.6. The van der Waals surface area contributed by atoms with E-state index in [-0.39, 0.29) is 12.4 Å². The third-order valence-electron chi connectivity index (χ3n) is 5.65. The highest BCUT2D eigenvalue weighted by Gasteiger charge is 2.30. The summed E-state index contributed by atoms with van der Waals surface area (Å²) < 4.78 is 19.8. The zero-order valence-corrected chi connectivity index (χ0v) is 20.5. The number of hydrogen-bond acceptors (Lipinski definition) is 4. The molecule has 1 fully saturated rings. The monoisotopic (exact) mass is 473 g/mol. The van der Waals surface area contributed by atoms with Crippen molar-refractivity contribution < 1.29 is 23.8 Å². The second-order valence-electron chi connectivity index (χ2n) is 9.38. The van der Waals surface area contributed by atoms with E-state index >= 15 is 0 Å². The van der Waals surface area contributed by atoms with Crippen molar-refractivity contribution in [1.29, 1.82) is 0 Å². The number of nitrogens with zero attached hydrogens (tertiary/aromatic N) is 1. The number of amides is 3. The standard InChI is InChI=1S/C24H32FN3O4Si/c1-32-15-16-5-7-17(8-6-16)22(27-24(31)28-12-11-19(29)14-28)23(30)26-18-9-10-21(20(25)13-18)33(2,3)4/h5-10,13,19,22,29H,11-12,14-15H2,1-4H3,(H,26,30)(H,27,31)/t19?,22-/m1/s1. The fourth-order valence-electron chi connectivity index (χ4n) is 3.83. The van der Waals surface area contributed by atoms with E-state index in [4.69, 9.17) is 4.74 Å². The van der Waals surface area contributed by atoms with E-state index in [0.717, 1.165) is 5.56 Å². The Morgan fingerprint density at radius 2 is 1.91 bits per heavy atom. The largest absolute Gasteiger partial charge is 0.391 e. The highest BCUT2D eigenvalue weighted by Crippen LogP contribution is 2.20. The van der Waals surface area contributed by atoms with Gasteiger partial charge < -0.3 is 25.4 Å². The van der Waals surface area contributed by atoms with Crippen molar-refractivity contribution in [1.82, 2.24) is 10.2 Å². The third kappa shape index (κ3) is 6.40. The summed E-state index contributed by atoms with van der Waals surface area (Å²) >= 11 is 0. The Hall–Kier alpha value is -2.75. The van der Waals surface area contributed by atoms with Gasteiger partial charge in [-0.2, -0.15) is 0 Å². The Morgan fingerprint density at radius 3 is 2.45 bits per heavy atom. The first-order valence-corrected chi connectivity index (χ1v) is 14.5. The first-order valence-electron chi connectivity index (χ1n) is 11.0. The molecule has 2 atom stereocenters. The van der Waals surface area contributed by atoms with Crippen LogP contribution < -0.4 is 15.8 Å². The molecule has 3 amide bonds. The SMILES string of the molecule is COCc1ccc([C@@H](NC(=O)N2CCC(O)C2)C(=O)Nc2ccc([Si](C)(C)C)c(F)c2)cc1. The summed E-state index contributed by atoms with van der Waals surface area (Å²) in [5.74, 6) is -0.828. The number of carbonyl (C=O) groups excluding carboxylic acids is 2. The molecule has 1 aliphatic rings. The molecule has 0 aliphatic carbocycles. The Balaban J connectivity index is 1.82. The number of anilines is 1. The number of methoxy groups -OCH3 is 1. The summed E-state index contributed by atoms with van der Waals surface area (Å²) in [6.07, 6.45) is -0.0668. The van der Waals surface area contributed by atoms with Crippen molar-refractivity contribution in [3.63, 3.8) is 0 Å². The number of hydrogen-bond donors (Lipinski definition) is 3. The predicted molar refractivity (Wildman–Crippen MR) is 129 cm³/mol. The molecule has 0 aromatic heterocycles. The number of likely N-dealkylation sites (tertiary alicyclic amines) is 1. The molecule has 1 heterocycles. The predicted octanol–water partition coefficient (Wildman–Crippen LogP) is 2.97. The molecular weight excluding hydrogens is 441 g/mol. The smallest absolute Gasteiger partial charge is 0.318 e. The molecule has 33 heavy (non-hydrogen) atoms. The van der Waals surface area contributed by atoms with Gasteiger partial charge in [0.05, 0.1) is 20.8 Å². The van der Waals surface area contributed by atoms with Crippen LogP contribution in [-0.2, 0) is 16.1 Å². The lowest BCUT2D eigenvalue weighted by molar-refractivity contribution is -0.118. The van der Waals surface area contributed by atoms with E-state index < -0.39 is 32.2 Å². The van der Waals surface area contributed by atoms with Gasteiger partial charge >= 0.3 is 6.03 Å². The Morgan fingerprint density at radius 1 is 1.21 bits per heavy atom.